The van der Waals surface area contributed by atoms with Gasteiger partial charge in [0, 0.05) is 12.6 Å². The number of aryl methyl sites for hydroxylation is 1. The lowest BCUT2D eigenvalue weighted by molar-refractivity contribution is 0.134. The highest BCUT2D eigenvalue weighted by Crippen LogP contribution is 2.17. The number of nitrogens with zero attached hydrogens (tertiary/aromatic N) is 5. The van der Waals surface area contributed by atoms with Crippen LogP contribution in [0.5, 0.6) is 0 Å². The predicted octanol–water partition coefficient (Wildman–Crippen LogP) is 0.564. The molecule has 1 aliphatic rings. The van der Waals surface area contributed by atoms with Crippen molar-refractivity contribution in [3.63, 3.8) is 0 Å². The van der Waals surface area contributed by atoms with Crippen molar-refractivity contribution < 1.29 is 0 Å². The van der Waals surface area contributed by atoms with Gasteiger partial charge in [0.05, 0.1) is 13.6 Å². The van der Waals surface area contributed by atoms with Crippen LogP contribution in [0.25, 0.3) is 0 Å². The molecule has 18 heavy (non-hydrogen) atoms. The van der Waals surface area contributed by atoms with Crippen LogP contribution in [-0.2, 0) is 13.6 Å². The molecular formula is C12H24N6. The van der Waals surface area contributed by atoms with Gasteiger partial charge in [0.2, 0.25) is 0 Å². The first kappa shape index (κ1) is 13.4. The highest BCUT2D eigenvalue weighted by molar-refractivity contribution is 4.84. The Kier molecular flexibility index (Phi) is 5.07. The molecule has 1 saturated heterocycles. The second kappa shape index (κ2) is 6.80. The van der Waals surface area contributed by atoms with E-state index < -0.39 is 0 Å². The number of likely N-dealkylation sites (tertiary alicyclic amines) is 1. The number of hydrogen-bond donors (Lipinski definition) is 1. The van der Waals surface area contributed by atoms with Gasteiger partial charge in [-0.05, 0) is 37.6 Å². The molecule has 0 bridgehead atoms. The summed E-state index contributed by atoms with van der Waals surface area (Å²) in [6, 6.07) is 0.620. The number of tetrazole rings is 1. The summed E-state index contributed by atoms with van der Waals surface area (Å²) in [5.41, 5.74) is 0. The molecule has 2 rings (SSSR count). The van der Waals surface area contributed by atoms with Gasteiger partial charge in [-0.3, -0.25) is 4.90 Å². The van der Waals surface area contributed by atoms with E-state index in [1.807, 2.05) is 7.05 Å². The highest BCUT2D eigenvalue weighted by Gasteiger charge is 2.23. The van der Waals surface area contributed by atoms with Crippen molar-refractivity contribution in [2.45, 2.75) is 45.2 Å². The van der Waals surface area contributed by atoms with Gasteiger partial charge in [-0.1, -0.05) is 13.3 Å². The summed E-state index contributed by atoms with van der Waals surface area (Å²) in [4.78, 5) is 4.02. The molecule has 1 aromatic rings. The van der Waals surface area contributed by atoms with Gasteiger partial charge in [-0.2, -0.15) is 4.80 Å². The van der Waals surface area contributed by atoms with Crippen LogP contribution in [0.2, 0.25) is 0 Å². The third-order valence-corrected chi connectivity index (χ3v) is 3.45. The molecule has 0 spiro atoms. The first-order valence-corrected chi connectivity index (χ1v) is 6.97. The van der Waals surface area contributed by atoms with E-state index in [1.165, 1.54) is 30.5 Å². The molecule has 1 N–H and O–H groups in total. The average Bonchev–Trinajstić information content (AvgIpc) is 2.77. The molecule has 0 aromatic carbocycles. The monoisotopic (exact) mass is 252 g/mol. The first-order valence-electron chi connectivity index (χ1n) is 6.97. The molecule has 0 aliphatic carbocycles. The van der Waals surface area contributed by atoms with Crippen LogP contribution in [0.4, 0.5) is 0 Å². The molecule has 0 saturated carbocycles. The van der Waals surface area contributed by atoms with Gasteiger partial charge in [0.25, 0.3) is 0 Å². The number of rotatable bonds is 6. The van der Waals surface area contributed by atoms with E-state index in [-0.39, 0.29) is 0 Å². The molecule has 102 valence electrons. The minimum atomic E-state index is 0.620. The van der Waals surface area contributed by atoms with E-state index in [2.05, 4.69) is 32.6 Å². The van der Waals surface area contributed by atoms with Gasteiger partial charge < -0.3 is 5.32 Å². The van der Waals surface area contributed by atoms with Crippen molar-refractivity contribution in [2.75, 3.05) is 19.6 Å². The van der Waals surface area contributed by atoms with Crippen molar-refractivity contribution in [1.82, 2.24) is 30.4 Å². The first-order chi connectivity index (χ1) is 8.79. The number of piperidine rings is 1. The minimum absolute atomic E-state index is 0.620. The molecule has 1 aromatic heterocycles. The Hall–Kier alpha value is -1.01. The zero-order chi connectivity index (χ0) is 12.8. The van der Waals surface area contributed by atoms with E-state index in [4.69, 9.17) is 0 Å². The summed E-state index contributed by atoms with van der Waals surface area (Å²) < 4.78 is 0. The molecule has 6 nitrogen and oxygen atoms in total. The smallest absolute Gasteiger partial charge is 0.188 e. The standard InChI is InChI=1S/C12H24N6/c1-3-7-13-9-11-6-4-5-8-18(11)10-12-14-16-17(2)15-12/h11,13H,3-10H2,1-2H3. The van der Waals surface area contributed by atoms with Crippen molar-refractivity contribution >= 4 is 0 Å². The highest BCUT2D eigenvalue weighted by atomic mass is 15.6. The topological polar surface area (TPSA) is 58.9 Å². The summed E-state index contributed by atoms with van der Waals surface area (Å²) >= 11 is 0. The Morgan fingerprint density at radius 3 is 3.00 bits per heavy atom. The van der Waals surface area contributed by atoms with Crippen molar-refractivity contribution in [1.29, 1.82) is 0 Å². The number of hydrogen-bond acceptors (Lipinski definition) is 5. The Labute approximate surface area is 109 Å². The van der Waals surface area contributed by atoms with Gasteiger partial charge in [-0.25, -0.2) is 0 Å². The van der Waals surface area contributed by atoms with Crippen LogP contribution in [-0.4, -0.2) is 50.8 Å². The normalized spacial score (nSPS) is 21.3. The fourth-order valence-electron chi connectivity index (χ4n) is 2.51. The Morgan fingerprint density at radius 2 is 2.28 bits per heavy atom. The summed E-state index contributed by atoms with van der Waals surface area (Å²) in [6.45, 7) is 6.36. The number of aromatic nitrogens is 4. The maximum atomic E-state index is 4.27. The summed E-state index contributed by atoms with van der Waals surface area (Å²) in [5, 5.41) is 15.8. The molecule has 0 amide bonds. The van der Waals surface area contributed by atoms with E-state index in [0.717, 1.165) is 32.0 Å². The maximum absolute atomic E-state index is 4.27. The summed E-state index contributed by atoms with van der Waals surface area (Å²) in [5.74, 6) is 0.833. The lowest BCUT2D eigenvalue weighted by Gasteiger charge is -2.35. The van der Waals surface area contributed by atoms with Crippen molar-refractivity contribution in [3.05, 3.63) is 5.82 Å². The van der Waals surface area contributed by atoms with Crippen LogP contribution in [0.1, 0.15) is 38.4 Å². The van der Waals surface area contributed by atoms with Crippen LogP contribution >= 0.6 is 0 Å². The van der Waals surface area contributed by atoms with Gasteiger partial charge in [-0.15, -0.1) is 10.2 Å². The zero-order valence-corrected chi connectivity index (χ0v) is 11.5. The van der Waals surface area contributed by atoms with E-state index in [1.54, 1.807) is 0 Å². The molecule has 1 fully saturated rings. The Morgan fingerprint density at radius 1 is 1.39 bits per heavy atom. The third kappa shape index (κ3) is 3.74. The molecule has 2 heterocycles. The summed E-state index contributed by atoms with van der Waals surface area (Å²) in [6.07, 6.45) is 5.09. The lowest BCUT2D eigenvalue weighted by Crippen LogP contribution is -2.45. The lowest BCUT2D eigenvalue weighted by atomic mass is 10.0. The van der Waals surface area contributed by atoms with E-state index >= 15 is 0 Å². The second-order valence-electron chi connectivity index (χ2n) is 5.02. The molecule has 1 atom stereocenters. The van der Waals surface area contributed by atoms with Gasteiger partial charge >= 0.3 is 0 Å². The number of nitrogens with one attached hydrogen (secondary N) is 1. The van der Waals surface area contributed by atoms with Crippen LogP contribution in [0.15, 0.2) is 0 Å². The van der Waals surface area contributed by atoms with Gasteiger partial charge in [0.15, 0.2) is 5.82 Å². The second-order valence-corrected chi connectivity index (χ2v) is 5.02. The average molecular weight is 252 g/mol. The summed E-state index contributed by atoms with van der Waals surface area (Å²) in [7, 11) is 1.81. The third-order valence-electron chi connectivity index (χ3n) is 3.45. The zero-order valence-electron chi connectivity index (χ0n) is 11.5. The molecule has 1 aliphatic heterocycles. The molecule has 0 radical (unpaired) electrons. The molecule has 6 heteroatoms. The Bertz CT molecular complexity index is 350. The van der Waals surface area contributed by atoms with Crippen LogP contribution in [0, 0.1) is 0 Å². The maximum Gasteiger partial charge on any atom is 0.188 e. The minimum Gasteiger partial charge on any atom is -0.315 e. The predicted molar refractivity (Wildman–Crippen MR) is 70.0 cm³/mol. The van der Waals surface area contributed by atoms with Crippen LogP contribution < -0.4 is 5.32 Å². The quantitative estimate of drug-likeness (QED) is 0.750. The van der Waals surface area contributed by atoms with Crippen LogP contribution in [0.3, 0.4) is 0 Å². The fourth-order valence-corrected chi connectivity index (χ4v) is 2.51. The van der Waals surface area contributed by atoms with E-state index in [0.29, 0.717) is 6.04 Å². The fraction of sp³-hybridized carbons (Fsp3) is 0.917. The van der Waals surface area contributed by atoms with Gasteiger partial charge in [0.1, 0.15) is 0 Å². The largest absolute Gasteiger partial charge is 0.315 e. The SMILES string of the molecule is CCCNCC1CCCCN1Cc1nnn(C)n1. The van der Waals surface area contributed by atoms with Crippen molar-refractivity contribution in [3.8, 4) is 0 Å². The van der Waals surface area contributed by atoms with E-state index in [9.17, 15) is 0 Å². The van der Waals surface area contributed by atoms with Crippen molar-refractivity contribution in [2.24, 2.45) is 7.05 Å². The molecular weight excluding hydrogens is 228 g/mol. The Balaban J connectivity index is 1.86. The molecule has 1 unspecified atom stereocenters.